The van der Waals surface area contributed by atoms with Crippen LogP contribution in [0.5, 0.6) is 0 Å². The molecule has 0 aliphatic rings. The van der Waals surface area contributed by atoms with Gasteiger partial charge in [0, 0.05) is 6.54 Å². The lowest BCUT2D eigenvalue weighted by molar-refractivity contribution is -0.144. The summed E-state index contributed by atoms with van der Waals surface area (Å²) < 4.78 is 37.3. The highest BCUT2D eigenvalue weighted by Gasteiger charge is 2.37. The maximum Gasteiger partial charge on any atom is 0.434 e. The summed E-state index contributed by atoms with van der Waals surface area (Å²) in [5.74, 6) is 0. The lowest BCUT2D eigenvalue weighted by Gasteiger charge is -2.08. The van der Waals surface area contributed by atoms with Gasteiger partial charge in [-0.05, 0) is 6.92 Å². The third-order valence-corrected chi connectivity index (χ3v) is 1.57. The van der Waals surface area contributed by atoms with Crippen LogP contribution < -0.4 is 0 Å². The lowest BCUT2D eigenvalue weighted by atomic mass is 10.4. The van der Waals surface area contributed by atoms with E-state index in [9.17, 15) is 13.2 Å². The smallest absolute Gasteiger partial charge is 0.259 e. The summed E-state index contributed by atoms with van der Waals surface area (Å²) >= 11 is 5.25. The molecular weight excluding hydrogens is 193 g/mol. The zero-order chi connectivity index (χ0) is 9.35. The van der Waals surface area contributed by atoms with Crippen molar-refractivity contribution >= 4 is 11.6 Å². The molecule has 1 aromatic heterocycles. The fourth-order valence-electron chi connectivity index (χ4n) is 0.820. The first-order valence-corrected chi connectivity index (χ1v) is 3.55. The van der Waals surface area contributed by atoms with Crippen molar-refractivity contribution in [3.05, 3.63) is 16.9 Å². The molecule has 0 amide bonds. The van der Waals surface area contributed by atoms with E-state index >= 15 is 0 Å². The number of rotatable bonds is 1. The van der Waals surface area contributed by atoms with E-state index in [2.05, 4.69) is 11.3 Å². The highest BCUT2D eigenvalue weighted by atomic mass is 35.5. The van der Waals surface area contributed by atoms with Crippen molar-refractivity contribution in [1.29, 1.82) is 0 Å². The molecule has 0 aromatic carbocycles. The molecule has 0 saturated carbocycles. The van der Waals surface area contributed by atoms with Gasteiger partial charge >= 0.3 is 6.18 Å². The summed E-state index contributed by atoms with van der Waals surface area (Å²) in [6.07, 6.45) is -2.41. The summed E-state index contributed by atoms with van der Waals surface area (Å²) in [4.78, 5) is 0. The molecule has 0 spiro atoms. The van der Waals surface area contributed by atoms with Crippen molar-refractivity contribution in [3.8, 4) is 0 Å². The Labute approximate surface area is 71.9 Å². The molecule has 6 heteroatoms. The molecule has 0 aliphatic heterocycles. The van der Waals surface area contributed by atoms with E-state index in [0.29, 0.717) is 0 Å². The van der Waals surface area contributed by atoms with E-state index in [-0.39, 0.29) is 6.54 Å². The third kappa shape index (κ3) is 1.55. The molecule has 0 fully saturated rings. The Hall–Kier alpha value is -0.710. The Morgan fingerprint density at radius 2 is 2.17 bits per heavy atom. The number of alkyl halides is 3. The first kappa shape index (κ1) is 9.38. The number of hydrogen-bond acceptors (Lipinski definition) is 1. The van der Waals surface area contributed by atoms with Gasteiger partial charge in [-0.2, -0.15) is 18.3 Å². The molecular formula is C6H5ClF3N2. The van der Waals surface area contributed by atoms with Crippen LogP contribution in [0.1, 0.15) is 12.6 Å². The lowest BCUT2D eigenvalue weighted by Crippen LogP contribution is -2.14. The number of aryl methyl sites for hydroxylation is 1. The largest absolute Gasteiger partial charge is 0.434 e. The Balaban J connectivity index is 3.19. The van der Waals surface area contributed by atoms with Crippen LogP contribution >= 0.6 is 11.6 Å². The number of aromatic nitrogens is 2. The number of nitrogens with zero attached hydrogens (tertiary/aromatic N) is 2. The summed E-state index contributed by atoms with van der Waals surface area (Å²) in [5.41, 5.74) is -0.938. The summed E-state index contributed by atoms with van der Waals surface area (Å²) in [5, 5.41) is 2.86. The van der Waals surface area contributed by atoms with Gasteiger partial charge in [0.25, 0.3) is 0 Å². The van der Waals surface area contributed by atoms with Crippen LogP contribution in [-0.4, -0.2) is 9.78 Å². The van der Waals surface area contributed by atoms with Crippen molar-refractivity contribution in [3.63, 3.8) is 0 Å². The van der Waals surface area contributed by atoms with Crippen molar-refractivity contribution in [2.45, 2.75) is 19.6 Å². The first-order chi connectivity index (χ1) is 5.46. The highest BCUT2D eigenvalue weighted by Crippen LogP contribution is 2.33. The Morgan fingerprint density at radius 3 is 2.50 bits per heavy atom. The predicted molar refractivity (Wildman–Crippen MR) is 36.7 cm³/mol. The fourth-order valence-corrected chi connectivity index (χ4v) is 1.06. The second-order valence-electron chi connectivity index (χ2n) is 2.09. The van der Waals surface area contributed by atoms with Gasteiger partial charge in [-0.15, -0.1) is 0 Å². The van der Waals surface area contributed by atoms with E-state index in [1.54, 1.807) is 6.92 Å². The van der Waals surface area contributed by atoms with Gasteiger partial charge in [0.05, 0.1) is 0 Å². The van der Waals surface area contributed by atoms with Crippen LogP contribution in [0.3, 0.4) is 0 Å². The van der Waals surface area contributed by atoms with E-state index in [1.165, 1.54) is 0 Å². The zero-order valence-corrected chi connectivity index (χ0v) is 6.87. The SMILES string of the molecule is CCn1n[c]c(Cl)c1C(F)(F)F. The van der Waals surface area contributed by atoms with Crippen molar-refractivity contribution in [2.24, 2.45) is 0 Å². The predicted octanol–water partition coefficient (Wildman–Crippen LogP) is 2.38. The summed E-state index contributed by atoms with van der Waals surface area (Å²) in [6, 6.07) is 0. The van der Waals surface area contributed by atoms with Gasteiger partial charge < -0.3 is 0 Å². The maximum atomic E-state index is 12.2. The van der Waals surface area contributed by atoms with Crippen molar-refractivity contribution in [2.75, 3.05) is 0 Å². The molecule has 1 heterocycles. The molecule has 0 aliphatic carbocycles. The molecule has 0 saturated heterocycles. The minimum absolute atomic E-state index is 0.123. The summed E-state index contributed by atoms with van der Waals surface area (Å²) in [6.45, 7) is 1.67. The zero-order valence-electron chi connectivity index (χ0n) is 6.11. The monoisotopic (exact) mass is 197 g/mol. The van der Waals surface area contributed by atoms with Crippen LogP contribution in [0.4, 0.5) is 13.2 Å². The fraction of sp³-hybridized carbons (Fsp3) is 0.500. The molecule has 0 bridgehead atoms. The van der Waals surface area contributed by atoms with Gasteiger partial charge in [-0.25, -0.2) is 0 Å². The maximum absolute atomic E-state index is 12.2. The third-order valence-electron chi connectivity index (χ3n) is 1.30. The second-order valence-corrected chi connectivity index (χ2v) is 2.47. The Kier molecular flexibility index (Phi) is 2.32. The van der Waals surface area contributed by atoms with E-state index < -0.39 is 16.9 Å². The molecule has 0 N–H and O–H groups in total. The minimum atomic E-state index is -4.46. The normalized spacial score (nSPS) is 12.1. The van der Waals surface area contributed by atoms with Gasteiger partial charge in [0.15, 0.2) is 5.69 Å². The number of hydrogen-bond donors (Lipinski definition) is 0. The molecule has 67 valence electrons. The van der Waals surface area contributed by atoms with Crippen LogP contribution in [0.25, 0.3) is 0 Å². The Morgan fingerprint density at radius 1 is 1.58 bits per heavy atom. The van der Waals surface area contributed by atoms with Crippen LogP contribution in [0.2, 0.25) is 5.02 Å². The average Bonchev–Trinajstić information content (AvgIpc) is 2.29. The number of halogens is 4. The molecule has 0 unspecified atom stereocenters. The van der Waals surface area contributed by atoms with Crippen molar-refractivity contribution < 1.29 is 13.2 Å². The molecule has 2 nitrogen and oxygen atoms in total. The highest BCUT2D eigenvalue weighted by molar-refractivity contribution is 6.31. The minimum Gasteiger partial charge on any atom is -0.259 e. The molecule has 12 heavy (non-hydrogen) atoms. The van der Waals surface area contributed by atoms with Crippen LogP contribution in [-0.2, 0) is 12.7 Å². The quantitative estimate of drug-likeness (QED) is 0.676. The second kappa shape index (κ2) is 2.97. The average molecular weight is 198 g/mol. The molecule has 1 radical (unpaired) electrons. The van der Waals surface area contributed by atoms with E-state index in [1.807, 2.05) is 0 Å². The first-order valence-electron chi connectivity index (χ1n) is 3.18. The van der Waals surface area contributed by atoms with Crippen LogP contribution in [0.15, 0.2) is 0 Å². The Bertz CT molecular complexity index is 279. The molecule has 1 aromatic rings. The van der Waals surface area contributed by atoms with Gasteiger partial charge in [-0.3, -0.25) is 4.68 Å². The molecule has 0 atom stereocenters. The van der Waals surface area contributed by atoms with Crippen LogP contribution in [0, 0.1) is 6.20 Å². The van der Waals surface area contributed by atoms with Crippen molar-refractivity contribution in [1.82, 2.24) is 9.78 Å². The van der Waals surface area contributed by atoms with Gasteiger partial charge in [0.2, 0.25) is 0 Å². The molecule has 1 rings (SSSR count). The van der Waals surface area contributed by atoms with Gasteiger partial charge in [0.1, 0.15) is 11.2 Å². The van der Waals surface area contributed by atoms with E-state index in [4.69, 9.17) is 11.6 Å². The summed E-state index contributed by atoms with van der Waals surface area (Å²) in [7, 11) is 0. The van der Waals surface area contributed by atoms with Gasteiger partial charge in [-0.1, -0.05) is 11.6 Å². The topological polar surface area (TPSA) is 17.8 Å². The standard InChI is InChI=1S/C6H5ClF3N2/c1-2-12-5(6(8,9)10)4(7)3-11-12/h2H2,1H3. The van der Waals surface area contributed by atoms with E-state index in [0.717, 1.165) is 4.68 Å².